The normalized spacial score (nSPS) is 18.3. The van der Waals surface area contributed by atoms with Gasteiger partial charge >= 0.3 is 0 Å². The van der Waals surface area contributed by atoms with Crippen molar-refractivity contribution in [1.82, 2.24) is 0 Å². The van der Waals surface area contributed by atoms with E-state index in [1.807, 2.05) is 27.7 Å². The molecular weight excluding hydrogens is 570 g/mol. The van der Waals surface area contributed by atoms with Gasteiger partial charge in [-0.05, 0) is 24.7 Å². The number of aliphatic imine (C=N–C) groups is 2. The number of hydrogen-bond acceptors (Lipinski definition) is 6. The molecule has 2 atom stereocenters. The van der Waals surface area contributed by atoms with E-state index < -0.39 is 0 Å². The molecule has 2 N–H and O–H groups in total. The van der Waals surface area contributed by atoms with Crippen LogP contribution in [0.5, 0.6) is 23.0 Å². The Morgan fingerprint density at radius 3 is 1.47 bits per heavy atom. The smallest absolute Gasteiger partial charge is 0.168 e. The predicted molar refractivity (Wildman–Crippen MR) is 158 cm³/mol. The minimum Gasteiger partial charge on any atom is -0.504 e. The first-order valence-corrected chi connectivity index (χ1v) is 14.2. The number of aromatic hydroxyl groups is 2. The van der Waals surface area contributed by atoms with Gasteiger partial charge in [-0.3, -0.25) is 9.98 Å². The van der Waals surface area contributed by atoms with Crippen LogP contribution in [0.2, 0.25) is 20.1 Å². The Labute approximate surface area is 244 Å². The van der Waals surface area contributed by atoms with Gasteiger partial charge in [-0.25, -0.2) is 0 Å². The maximum atomic E-state index is 10.8. The molecular formula is C28H34Cl4N2O4. The highest BCUT2D eigenvalue weighted by atomic mass is 35.5. The first kappa shape index (κ1) is 30.7. The third-order valence-corrected chi connectivity index (χ3v) is 7.62. The molecule has 1 saturated carbocycles. The van der Waals surface area contributed by atoms with Crippen molar-refractivity contribution in [1.29, 1.82) is 0 Å². The highest BCUT2D eigenvalue weighted by Gasteiger charge is 2.25. The van der Waals surface area contributed by atoms with Crippen LogP contribution in [0, 0.1) is 11.8 Å². The van der Waals surface area contributed by atoms with Gasteiger partial charge in [0.2, 0.25) is 0 Å². The Balaban J connectivity index is 1.87. The van der Waals surface area contributed by atoms with Gasteiger partial charge in [0.15, 0.2) is 23.0 Å². The number of ether oxygens (including phenoxy) is 2. The molecule has 2 aromatic rings. The van der Waals surface area contributed by atoms with E-state index in [1.165, 1.54) is 24.6 Å². The summed E-state index contributed by atoms with van der Waals surface area (Å²) in [4.78, 5) is 9.46. The molecule has 0 radical (unpaired) electrons. The standard InChI is InChI=1S/C28H34Cl4N2O4/c1-15(2)13-37-23-9-19(29)25(31)17(27(23)35)11-33-21-7-5-6-8-22(21)34-12-18-26(32)20(30)10-24(28(18)36)38-14-16(3)4/h9-12,15-16,21-22,35-36H,5-8,13-14H2,1-4H3/t21-,22-/m0/s1. The van der Waals surface area contributed by atoms with Crippen LogP contribution < -0.4 is 9.47 Å². The van der Waals surface area contributed by atoms with Crippen molar-refractivity contribution < 1.29 is 19.7 Å². The first-order valence-electron chi connectivity index (χ1n) is 12.7. The molecule has 0 amide bonds. The van der Waals surface area contributed by atoms with E-state index in [2.05, 4.69) is 0 Å². The molecule has 1 aliphatic carbocycles. The topological polar surface area (TPSA) is 83.6 Å². The van der Waals surface area contributed by atoms with Crippen LogP contribution in [0.25, 0.3) is 0 Å². The first-order chi connectivity index (χ1) is 18.0. The Morgan fingerprint density at radius 1 is 0.763 bits per heavy atom. The van der Waals surface area contributed by atoms with Gasteiger partial charge in [0.1, 0.15) is 0 Å². The number of rotatable bonds is 10. The number of halogens is 4. The summed E-state index contributed by atoms with van der Waals surface area (Å²) in [6.45, 7) is 8.88. The highest BCUT2D eigenvalue weighted by Crippen LogP contribution is 2.41. The van der Waals surface area contributed by atoms with Crippen LogP contribution in [0.3, 0.4) is 0 Å². The molecule has 208 valence electrons. The SMILES string of the molecule is CC(C)COc1cc(Cl)c(Cl)c(C=N[C@H]2CCCC[C@@H]2N=Cc2c(O)c(OCC(C)C)cc(Cl)c2Cl)c1O. The lowest BCUT2D eigenvalue weighted by Gasteiger charge is -2.25. The van der Waals surface area contributed by atoms with Gasteiger partial charge in [-0.1, -0.05) is 86.9 Å². The molecule has 0 heterocycles. The van der Waals surface area contributed by atoms with E-state index in [0.29, 0.717) is 24.3 Å². The molecule has 10 heteroatoms. The molecule has 1 aliphatic rings. The molecule has 6 nitrogen and oxygen atoms in total. The number of hydrogen-bond donors (Lipinski definition) is 2. The average Bonchev–Trinajstić information content (AvgIpc) is 2.87. The number of nitrogens with zero attached hydrogens (tertiary/aromatic N) is 2. The van der Waals surface area contributed by atoms with Crippen molar-refractivity contribution >= 4 is 58.8 Å². The highest BCUT2D eigenvalue weighted by molar-refractivity contribution is 6.44. The van der Waals surface area contributed by atoms with Crippen LogP contribution >= 0.6 is 46.4 Å². The van der Waals surface area contributed by atoms with Crippen molar-refractivity contribution in [2.75, 3.05) is 13.2 Å². The average molecular weight is 604 g/mol. The van der Waals surface area contributed by atoms with E-state index >= 15 is 0 Å². The molecule has 0 aromatic heterocycles. The second-order valence-corrected chi connectivity index (χ2v) is 11.8. The van der Waals surface area contributed by atoms with Gasteiger partial charge in [-0.2, -0.15) is 0 Å². The third-order valence-electron chi connectivity index (χ3n) is 6.01. The van der Waals surface area contributed by atoms with Crippen LogP contribution in [0.4, 0.5) is 0 Å². The number of benzene rings is 2. The van der Waals surface area contributed by atoms with Crippen LogP contribution in [-0.4, -0.2) is 47.9 Å². The van der Waals surface area contributed by atoms with Crippen molar-refractivity contribution in [3.8, 4) is 23.0 Å². The summed E-state index contributed by atoms with van der Waals surface area (Å²) in [5.41, 5.74) is 0.599. The minimum absolute atomic E-state index is 0.107. The number of phenolic OH excluding ortho intramolecular Hbond substituents is 2. The fourth-order valence-electron chi connectivity index (χ4n) is 3.97. The fraction of sp³-hybridized carbons (Fsp3) is 0.500. The van der Waals surface area contributed by atoms with E-state index in [-0.39, 0.29) is 67.0 Å². The van der Waals surface area contributed by atoms with Gasteiger partial charge in [-0.15, -0.1) is 0 Å². The molecule has 0 saturated heterocycles. The minimum atomic E-state index is -0.175. The number of phenols is 2. The van der Waals surface area contributed by atoms with Crippen LogP contribution in [0.1, 0.15) is 64.5 Å². The molecule has 2 aromatic carbocycles. The Kier molecular flexibility index (Phi) is 11.3. The van der Waals surface area contributed by atoms with Gasteiger partial charge < -0.3 is 19.7 Å². The molecule has 1 fully saturated rings. The Morgan fingerprint density at radius 2 is 1.13 bits per heavy atom. The lowest BCUT2D eigenvalue weighted by atomic mass is 9.91. The zero-order valence-corrected chi connectivity index (χ0v) is 25.0. The zero-order valence-electron chi connectivity index (χ0n) is 22.0. The lowest BCUT2D eigenvalue weighted by Crippen LogP contribution is -2.27. The summed E-state index contributed by atoms with van der Waals surface area (Å²) in [5, 5.41) is 22.5. The molecule has 3 rings (SSSR count). The van der Waals surface area contributed by atoms with Gasteiger partial charge in [0.25, 0.3) is 0 Å². The summed E-state index contributed by atoms with van der Waals surface area (Å²) < 4.78 is 11.4. The monoisotopic (exact) mass is 602 g/mol. The summed E-state index contributed by atoms with van der Waals surface area (Å²) in [6.07, 6.45) is 6.64. The summed E-state index contributed by atoms with van der Waals surface area (Å²) in [6, 6.07) is 2.66. The zero-order chi connectivity index (χ0) is 28.0. The quantitative estimate of drug-likeness (QED) is 0.266. The van der Waals surface area contributed by atoms with E-state index in [0.717, 1.165) is 25.7 Å². The summed E-state index contributed by atoms with van der Waals surface area (Å²) in [7, 11) is 0. The second kappa shape index (κ2) is 14.0. The molecule has 0 unspecified atom stereocenters. The third kappa shape index (κ3) is 7.84. The van der Waals surface area contributed by atoms with Gasteiger partial charge in [0, 0.05) is 24.6 Å². The van der Waals surface area contributed by atoms with Crippen molar-refractivity contribution in [3.05, 3.63) is 43.4 Å². The van der Waals surface area contributed by atoms with E-state index in [4.69, 9.17) is 65.9 Å². The van der Waals surface area contributed by atoms with Crippen LogP contribution in [-0.2, 0) is 0 Å². The predicted octanol–water partition coefficient (Wildman–Crippen LogP) is 8.63. The van der Waals surface area contributed by atoms with Crippen molar-refractivity contribution in [2.45, 2.75) is 65.5 Å². The maximum absolute atomic E-state index is 10.8. The molecule has 0 spiro atoms. The van der Waals surface area contributed by atoms with Crippen molar-refractivity contribution in [3.63, 3.8) is 0 Å². The largest absolute Gasteiger partial charge is 0.504 e. The maximum Gasteiger partial charge on any atom is 0.168 e. The van der Waals surface area contributed by atoms with E-state index in [9.17, 15) is 10.2 Å². The molecule has 0 aliphatic heterocycles. The fourth-order valence-corrected chi connectivity index (χ4v) is 4.76. The van der Waals surface area contributed by atoms with E-state index in [1.54, 1.807) is 0 Å². The molecule has 0 bridgehead atoms. The Hall–Kier alpha value is -1.86. The summed E-state index contributed by atoms with van der Waals surface area (Å²) in [5.74, 6) is 0.844. The Bertz CT molecular complexity index is 1090. The molecule has 38 heavy (non-hydrogen) atoms. The van der Waals surface area contributed by atoms with Gasteiger partial charge in [0.05, 0.1) is 56.5 Å². The lowest BCUT2D eigenvalue weighted by molar-refractivity contribution is 0.259. The van der Waals surface area contributed by atoms with Crippen LogP contribution in [0.15, 0.2) is 22.1 Å². The second-order valence-electron chi connectivity index (χ2n) is 10.3. The summed E-state index contributed by atoms with van der Waals surface area (Å²) >= 11 is 25.4. The van der Waals surface area contributed by atoms with Crippen molar-refractivity contribution in [2.24, 2.45) is 21.8 Å².